The van der Waals surface area contributed by atoms with E-state index in [0.29, 0.717) is 0 Å². The van der Waals surface area contributed by atoms with Gasteiger partial charge >= 0.3 is 0 Å². The number of hydrogen-bond acceptors (Lipinski definition) is 1. The maximum absolute atomic E-state index is 9.74. The number of allylic oxidation sites excluding steroid dienone is 4. The predicted molar refractivity (Wildman–Crippen MR) is 39.3 cm³/mol. The number of rotatable bonds is 3. The minimum absolute atomic E-state index is 0.791. The van der Waals surface area contributed by atoms with Crippen LogP contribution < -0.4 is 0 Å². The van der Waals surface area contributed by atoms with Crippen LogP contribution in [-0.2, 0) is 4.79 Å². The molecule has 0 saturated carbocycles. The van der Waals surface area contributed by atoms with Crippen molar-refractivity contribution in [3.63, 3.8) is 0 Å². The van der Waals surface area contributed by atoms with Crippen LogP contribution >= 0.6 is 0 Å². The Morgan fingerprint density at radius 3 is 2.56 bits per heavy atom. The lowest BCUT2D eigenvalue weighted by molar-refractivity contribution is -0.104. The van der Waals surface area contributed by atoms with Crippen molar-refractivity contribution in [2.45, 2.75) is 20.3 Å². The molecule has 0 aliphatic heterocycles. The van der Waals surface area contributed by atoms with E-state index in [2.05, 4.69) is 6.08 Å². The van der Waals surface area contributed by atoms with E-state index in [-0.39, 0.29) is 0 Å². The molecule has 0 rings (SSSR count). The van der Waals surface area contributed by atoms with Gasteiger partial charge in [0.25, 0.3) is 0 Å². The van der Waals surface area contributed by atoms with E-state index in [0.717, 1.165) is 12.7 Å². The van der Waals surface area contributed by atoms with Crippen LogP contribution in [0.15, 0.2) is 23.8 Å². The zero-order valence-corrected chi connectivity index (χ0v) is 5.92. The van der Waals surface area contributed by atoms with Crippen LogP contribution in [0.5, 0.6) is 0 Å². The molecule has 0 unspecified atom stereocenters. The Kier molecular flexibility index (Phi) is 4.79. The summed E-state index contributed by atoms with van der Waals surface area (Å²) in [6.45, 7) is 4.07. The van der Waals surface area contributed by atoms with Crippen LogP contribution in [0.1, 0.15) is 20.3 Å². The molecular weight excluding hydrogens is 112 g/mol. The van der Waals surface area contributed by atoms with Crippen molar-refractivity contribution in [2.75, 3.05) is 0 Å². The van der Waals surface area contributed by atoms with Crippen LogP contribution in [0, 0.1) is 0 Å². The molecule has 0 saturated heterocycles. The van der Waals surface area contributed by atoms with Gasteiger partial charge in [0.15, 0.2) is 0 Å². The van der Waals surface area contributed by atoms with Gasteiger partial charge < -0.3 is 0 Å². The van der Waals surface area contributed by atoms with E-state index in [1.165, 1.54) is 11.6 Å². The summed E-state index contributed by atoms with van der Waals surface area (Å²) in [7, 11) is 0. The van der Waals surface area contributed by atoms with Gasteiger partial charge in [0.1, 0.15) is 6.29 Å². The molecule has 0 radical (unpaired) electrons. The van der Waals surface area contributed by atoms with E-state index < -0.39 is 0 Å². The van der Waals surface area contributed by atoms with Crippen molar-refractivity contribution in [3.05, 3.63) is 23.8 Å². The fraction of sp³-hybridized carbons (Fsp3) is 0.375. The third kappa shape index (κ3) is 7.15. The lowest BCUT2D eigenvalue weighted by Gasteiger charge is -1.83. The Hall–Kier alpha value is -0.850. The zero-order valence-electron chi connectivity index (χ0n) is 5.92. The summed E-state index contributed by atoms with van der Waals surface area (Å²) in [5, 5.41) is 0. The summed E-state index contributed by atoms with van der Waals surface area (Å²) in [4.78, 5) is 9.74. The molecule has 0 aliphatic rings. The average molecular weight is 124 g/mol. The molecule has 0 aromatic rings. The van der Waals surface area contributed by atoms with Gasteiger partial charge in [0.2, 0.25) is 0 Å². The van der Waals surface area contributed by atoms with E-state index in [4.69, 9.17) is 0 Å². The molecule has 0 heterocycles. The van der Waals surface area contributed by atoms with E-state index in [1.54, 1.807) is 0 Å². The van der Waals surface area contributed by atoms with Crippen molar-refractivity contribution >= 4 is 6.29 Å². The zero-order chi connectivity index (χ0) is 7.11. The quantitative estimate of drug-likeness (QED) is 0.320. The first-order valence-corrected chi connectivity index (χ1v) is 3.01. The summed E-state index contributed by atoms with van der Waals surface area (Å²) in [6.07, 6.45) is 7.07. The molecule has 9 heavy (non-hydrogen) atoms. The highest BCUT2D eigenvalue weighted by Crippen LogP contribution is 1.92. The second-order valence-electron chi connectivity index (χ2n) is 2.08. The van der Waals surface area contributed by atoms with Crippen molar-refractivity contribution in [1.82, 2.24) is 0 Å². The molecule has 1 heteroatoms. The Balaban J connectivity index is 3.40. The van der Waals surface area contributed by atoms with Crippen LogP contribution in [-0.4, -0.2) is 6.29 Å². The van der Waals surface area contributed by atoms with Gasteiger partial charge in [-0.15, -0.1) is 0 Å². The molecular formula is C8H12O. The summed E-state index contributed by atoms with van der Waals surface area (Å²) in [5.41, 5.74) is 1.28. The highest BCUT2D eigenvalue weighted by Gasteiger charge is 1.72. The number of aldehydes is 1. The molecule has 50 valence electrons. The predicted octanol–water partition coefficient (Wildman–Crippen LogP) is 2.10. The normalized spacial score (nSPS) is 9.56. The van der Waals surface area contributed by atoms with Gasteiger partial charge in [-0.1, -0.05) is 17.7 Å². The third-order valence-corrected chi connectivity index (χ3v) is 0.877. The maximum Gasteiger partial charge on any atom is 0.142 e. The minimum Gasteiger partial charge on any atom is -0.299 e. The minimum atomic E-state index is 0.791. The maximum atomic E-state index is 9.74. The topological polar surface area (TPSA) is 17.1 Å². The largest absolute Gasteiger partial charge is 0.299 e. The molecule has 0 amide bonds. The molecule has 1 nitrogen and oxygen atoms in total. The SMILES string of the molecule is CC(C)=CC/C=C/C=O. The Bertz CT molecular complexity index is 128. The van der Waals surface area contributed by atoms with Gasteiger partial charge in [-0.25, -0.2) is 0 Å². The Morgan fingerprint density at radius 1 is 1.44 bits per heavy atom. The summed E-state index contributed by atoms with van der Waals surface area (Å²) in [6, 6.07) is 0. The van der Waals surface area contributed by atoms with Crippen LogP contribution in [0.3, 0.4) is 0 Å². The lowest BCUT2D eigenvalue weighted by atomic mass is 10.2. The molecule has 0 aliphatic carbocycles. The highest BCUT2D eigenvalue weighted by atomic mass is 16.1. The van der Waals surface area contributed by atoms with Gasteiger partial charge in [0.05, 0.1) is 0 Å². The monoisotopic (exact) mass is 124 g/mol. The summed E-state index contributed by atoms with van der Waals surface area (Å²) in [5.74, 6) is 0. The van der Waals surface area contributed by atoms with Crippen molar-refractivity contribution in [2.24, 2.45) is 0 Å². The number of carbonyl (C=O) groups is 1. The summed E-state index contributed by atoms with van der Waals surface area (Å²) >= 11 is 0. The first kappa shape index (κ1) is 8.15. The van der Waals surface area contributed by atoms with E-state index in [9.17, 15) is 4.79 Å². The van der Waals surface area contributed by atoms with Gasteiger partial charge in [-0.3, -0.25) is 4.79 Å². The average Bonchev–Trinajstić information content (AvgIpc) is 1.80. The van der Waals surface area contributed by atoms with E-state index in [1.807, 2.05) is 19.9 Å². The van der Waals surface area contributed by atoms with Crippen LogP contribution in [0.25, 0.3) is 0 Å². The molecule has 0 fully saturated rings. The van der Waals surface area contributed by atoms with E-state index >= 15 is 0 Å². The number of carbonyl (C=O) groups excluding carboxylic acids is 1. The van der Waals surface area contributed by atoms with Gasteiger partial charge in [-0.05, 0) is 26.3 Å². The lowest BCUT2D eigenvalue weighted by Crippen LogP contribution is -1.64. The Morgan fingerprint density at radius 2 is 2.11 bits per heavy atom. The van der Waals surface area contributed by atoms with Crippen LogP contribution in [0.2, 0.25) is 0 Å². The van der Waals surface area contributed by atoms with Gasteiger partial charge in [-0.2, -0.15) is 0 Å². The van der Waals surface area contributed by atoms with Crippen molar-refractivity contribution in [3.8, 4) is 0 Å². The first-order valence-electron chi connectivity index (χ1n) is 3.01. The molecule has 0 spiro atoms. The fourth-order valence-electron chi connectivity index (χ4n) is 0.438. The second kappa shape index (κ2) is 5.29. The van der Waals surface area contributed by atoms with Crippen molar-refractivity contribution < 1.29 is 4.79 Å². The molecule has 0 aromatic carbocycles. The smallest absolute Gasteiger partial charge is 0.142 e. The molecule has 0 atom stereocenters. The van der Waals surface area contributed by atoms with Crippen molar-refractivity contribution in [1.29, 1.82) is 0 Å². The highest BCUT2D eigenvalue weighted by molar-refractivity contribution is 5.64. The van der Waals surface area contributed by atoms with Gasteiger partial charge in [0, 0.05) is 0 Å². The summed E-state index contributed by atoms with van der Waals surface area (Å²) < 4.78 is 0. The first-order chi connectivity index (χ1) is 4.27. The standard InChI is InChI=1S/C8H12O/c1-8(2)6-4-3-5-7-9/h3,5-7H,4H2,1-2H3/b5-3+. The fourth-order valence-corrected chi connectivity index (χ4v) is 0.438. The Labute approximate surface area is 56.1 Å². The van der Waals surface area contributed by atoms with Crippen LogP contribution in [0.4, 0.5) is 0 Å². The second-order valence-corrected chi connectivity index (χ2v) is 2.08. The third-order valence-electron chi connectivity index (χ3n) is 0.877. The molecule has 0 aromatic heterocycles. The molecule has 0 bridgehead atoms. The number of hydrogen-bond donors (Lipinski definition) is 0. The molecule has 0 N–H and O–H groups in total.